The summed E-state index contributed by atoms with van der Waals surface area (Å²) in [6.45, 7) is 1.86. The highest BCUT2D eigenvalue weighted by Gasteiger charge is 2.01. The molecular formula is C11H10BrFO. The summed E-state index contributed by atoms with van der Waals surface area (Å²) in [6.07, 6.45) is 2.92. The summed E-state index contributed by atoms with van der Waals surface area (Å²) in [5.74, 6) is -0.319. The molecule has 1 nitrogen and oxygen atoms in total. The number of allylic oxidation sites excluding steroid dienone is 1. The molecule has 74 valence electrons. The molecule has 0 radical (unpaired) electrons. The van der Waals surface area contributed by atoms with Crippen LogP contribution < -0.4 is 0 Å². The highest BCUT2D eigenvalue weighted by Crippen LogP contribution is 2.18. The predicted molar refractivity (Wildman–Crippen MR) is 58.4 cm³/mol. The SMILES string of the molecule is CC/C(C=O)=C/c1cc(Br)ccc1F. The lowest BCUT2D eigenvalue weighted by Crippen LogP contribution is -1.86. The lowest BCUT2D eigenvalue weighted by atomic mass is 10.1. The van der Waals surface area contributed by atoms with E-state index in [2.05, 4.69) is 15.9 Å². The molecule has 0 saturated heterocycles. The van der Waals surface area contributed by atoms with Crippen LogP contribution in [0.1, 0.15) is 18.9 Å². The Morgan fingerprint density at radius 1 is 1.57 bits per heavy atom. The van der Waals surface area contributed by atoms with Crippen molar-refractivity contribution in [2.24, 2.45) is 0 Å². The number of aldehydes is 1. The Labute approximate surface area is 90.8 Å². The first-order valence-electron chi connectivity index (χ1n) is 4.28. The molecule has 0 unspecified atom stereocenters. The summed E-state index contributed by atoms with van der Waals surface area (Å²) in [6, 6.07) is 4.64. The van der Waals surface area contributed by atoms with Gasteiger partial charge in [-0.15, -0.1) is 0 Å². The molecule has 0 heterocycles. The van der Waals surface area contributed by atoms with Gasteiger partial charge in [-0.05, 0) is 36.3 Å². The smallest absolute Gasteiger partial charge is 0.146 e. The second kappa shape index (κ2) is 5.05. The van der Waals surface area contributed by atoms with E-state index in [1.165, 1.54) is 6.07 Å². The van der Waals surface area contributed by atoms with Crippen molar-refractivity contribution in [1.29, 1.82) is 0 Å². The van der Waals surface area contributed by atoms with Crippen molar-refractivity contribution < 1.29 is 9.18 Å². The van der Waals surface area contributed by atoms with Crippen LogP contribution in [0, 0.1) is 5.82 Å². The Hall–Kier alpha value is -0.960. The highest BCUT2D eigenvalue weighted by molar-refractivity contribution is 9.10. The Bertz CT molecular complexity index is 372. The van der Waals surface area contributed by atoms with E-state index in [4.69, 9.17) is 0 Å². The molecule has 0 aromatic heterocycles. The maximum Gasteiger partial charge on any atom is 0.146 e. The van der Waals surface area contributed by atoms with E-state index >= 15 is 0 Å². The average molecular weight is 257 g/mol. The number of hydrogen-bond acceptors (Lipinski definition) is 1. The predicted octanol–water partition coefficient (Wildman–Crippen LogP) is 3.58. The van der Waals surface area contributed by atoms with Gasteiger partial charge in [-0.1, -0.05) is 22.9 Å². The zero-order valence-electron chi connectivity index (χ0n) is 7.76. The molecule has 0 spiro atoms. The summed E-state index contributed by atoms with van der Waals surface area (Å²) < 4.78 is 14.0. The molecule has 0 N–H and O–H groups in total. The van der Waals surface area contributed by atoms with Crippen molar-refractivity contribution in [3.05, 3.63) is 39.6 Å². The minimum Gasteiger partial charge on any atom is -0.298 e. The number of carbonyl (C=O) groups is 1. The molecule has 1 rings (SSSR count). The van der Waals surface area contributed by atoms with Gasteiger partial charge in [0.1, 0.15) is 12.1 Å². The lowest BCUT2D eigenvalue weighted by molar-refractivity contribution is -0.104. The molecule has 1 aromatic rings. The third-order valence-corrected chi connectivity index (χ3v) is 2.35. The Morgan fingerprint density at radius 3 is 2.86 bits per heavy atom. The molecule has 14 heavy (non-hydrogen) atoms. The van der Waals surface area contributed by atoms with Gasteiger partial charge in [0, 0.05) is 10.0 Å². The summed E-state index contributed by atoms with van der Waals surface area (Å²) in [5.41, 5.74) is 1.02. The maximum atomic E-state index is 13.2. The molecule has 0 saturated carbocycles. The minimum absolute atomic E-state index is 0.319. The first kappa shape index (κ1) is 11.1. The van der Waals surface area contributed by atoms with Crippen molar-refractivity contribution in [3.8, 4) is 0 Å². The molecule has 0 aliphatic heterocycles. The molecule has 0 amide bonds. The molecule has 0 aliphatic carbocycles. The van der Waals surface area contributed by atoms with Gasteiger partial charge in [-0.3, -0.25) is 4.79 Å². The van der Waals surface area contributed by atoms with Crippen molar-refractivity contribution in [2.75, 3.05) is 0 Å². The zero-order valence-corrected chi connectivity index (χ0v) is 9.34. The van der Waals surface area contributed by atoms with Gasteiger partial charge >= 0.3 is 0 Å². The largest absolute Gasteiger partial charge is 0.298 e. The number of halogens is 2. The van der Waals surface area contributed by atoms with Crippen LogP contribution in [0.25, 0.3) is 6.08 Å². The fourth-order valence-corrected chi connectivity index (χ4v) is 1.42. The van der Waals surface area contributed by atoms with Crippen LogP contribution in [0.15, 0.2) is 28.2 Å². The van der Waals surface area contributed by atoms with Gasteiger partial charge in [0.2, 0.25) is 0 Å². The fourth-order valence-electron chi connectivity index (χ4n) is 1.04. The van der Waals surface area contributed by atoms with E-state index in [0.29, 0.717) is 17.6 Å². The van der Waals surface area contributed by atoms with Crippen molar-refractivity contribution >= 4 is 28.3 Å². The average Bonchev–Trinajstić information content (AvgIpc) is 2.19. The van der Waals surface area contributed by atoms with E-state index in [9.17, 15) is 9.18 Å². The quantitative estimate of drug-likeness (QED) is 0.597. The first-order chi connectivity index (χ1) is 6.67. The standard InChI is InChI=1S/C11H10BrFO/c1-2-8(7-14)5-9-6-10(12)3-4-11(9)13/h3-7H,2H2,1H3/b8-5-. The van der Waals surface area contributed by atoms with Crippen LogP contribution in [0.2, 0.25) is 0 Å². The van der Waals surface area contributed by atoms with Gasteiger partial charge in [0.15, 0.2) is 0 Å². The highest BCUT2D eigenvalue weighted by atomic mass is 79.9. The van der Waals surface area contributed by atoms with Gasteiger partial charge in [0.25, 0.3) is 0 Å². The van der Waals surface area contributed by atoms with Gasteiger partial charge in [-0.2, -0.15) is 0 Å². The topological polar surface area (TPSA) is 17.1 Å². The molecule has 0 atom stereocenters. The van der Waals surface area contributed by atoms with Gasteiger partial charge in [0.05, 0.1) is 0 Å². The third kappa shape index (κ3) is 2.77. The summed E-state index contributed by atoms with van der Waals surface area (Å²) in [5, 5.41) is 0. The summed E-state index contributed by atoms with van der Waals surface area (Å²) in [4.78, 5) is 10.5. The molecule has 1 aromatic carbocycles. The first-order valence-corrected chi connectivity index (χ1v) is 5.07. The van der Waals surface area contributed by atoms with Crippen molar-refractivity contribution in [2.45, 2.75) is 13.3 Å². The van der Waals surface area contributed by atoms with Crippen LogP contribution in [0.4, 0.5) is 4.39 Å². The molecular weight excluding hydrogens is 247 g/mol. The number of carbonyl (C=O) groups excluding carboxylic acids is 1. The van der Waals surface area contributed by atoms with Crippen molar-refractivity contribution in [3.63, 3.8) is 0 Å². The maximum absolute atomic E-state index is 13.2. The van der Waals surface area contributed by atoms with Crippen LogP contribution in [0.5, 0.6) is 0 Å². The zero-order chi connectivity index (χ0) is 10.6. The van der Waals surface area contributed by atoms with Crippen LogP contribution >= 0.6 is 15.9 Å². The molecule has 0 fully saturated rings. The van der Waals surface area contributed by atoms with Gasteiger partial charge < -0.3 is 0 Å². The monoisotopic (exact) mass is 256 g/mol. The molecule has 3 heteroatoms. The second-order valence-corrected chi connectivity index (χ2v) is 3.77. The van der Waals surface area contributed by atoms with Gasteiger partial charge in [-0.25, -0.2) is 4.39 Å². The van der Waals surface area contributed by atoms with E-state index in [1.807, 2.05) is 6.92 Å². The Morgan fingerprint density at radius 2 is 2.29 bits per heavy atom. The van der Waals surface area contributed by atoms with E-state index in [1.54, 1.807) is 18.2 Å². The second-order valence-electron chi connectivity index (χ2n) is 2.86. The lowest BCUT2D eigenvalue weighted by Gasteiger charge is -1.99. The Kier molecular flexibility index (Phi) is 4.01. The van der Waals surface area contributed by atoms with Crippen LogP contribution in [-0.4, -0.2) is 6.29 Å². The van der Waals surface area contributed by atoms with E-state index in [-0.39, 0.29) is 5.82 Å². The Balaban J connectivity index is 3.12. The number of benzene rings is 1. The van der Waals surface area contributed by atoms with E-state index in [0.717, 1.165) is 10.8 Å². The minimum atomic E-state index is -0.319. The number of rotatable bonds is 3. The molecule has 0 bridgehead atoms. The molecule has 0 aliphatic rings. The van der Waals surface area contributed by atoms with E-state index < -0.39 is 0 Å². The normalized spacial score (nSPS) is 11.5. The third-order valence-electron chi connectivity index (χ3n) is 1.86. The fraction of sp³-hybridized carbons (Fsp3) is 0.182. The van der Waals surface area contributed by atoms with Crippen molar-refractivity contribution in [1.82, 2.24) is 0 Å². The summed E-state index contributed by atoms with van der Waals surface area (Å²) in [7, 11) is 0. The van der Waals surface area contributed by atoms with Crippen LogP contribution in [-0.2, 0) is 4.79 Å². The van der Waals surface area contributed by atoms with Crippen LogP contribution in [0.3, 0.4) is 0 Å². The summed E-state index contributed by atoms with van der Waals surface area (Å²) >= 11 is 3.25. The number of hydrogen-bond donors (Lipinski definition) is 0.